The van der Waals surface area contributed by atoms with Gasteiger partial charge in [0.1, 0.15) is 11.6 Å². The second-order valence-corrected chi connectivity index (χ2v) is 10.6. The highest BCUT2D eigenvalue weighted by molar-refractivity contribution is 7.90. The minimum absolute atomic E-state index is 0.0129. The number of nitrogens with zero attached hydrogens (tertiary/aromatic N) is 5. The first-order valence-electron chi connectivity index (χ1n) is 10.9. The Kier molecular flexibility index (Phi) is 5.32. The minimum Gasteiger partial charge on any atom is -0.356 e. The van der Waals surface area contributed by atoms with Crippen molar-refractivity contribution >= 4 is 32.7 Å². The quantitative estimate of drug-likeness (QED) is 0.643. The van der Waals surface area contributed by atoms with Gasteiger partial charge < -0.3 is 14.8 Å². The molecule has 5 rings (SSSR count). The average Bonchev–Trinajstić information content (AvgIpc) is 3.48. The van der Waals surface area contributed by atoms with Gasteiger partial charge in [0.05, 0.1) is 16.3 Å². The summed E-state index contributed by atoms with van der Waals surface area (Å²) in [7, 11) is -3.36. The van der Waals surface area contributed by atoms with Gasteiger partial charge in [-0.05, 0) is 43.9 Å². The van der Waals surface area contributed by atoms with Gasteiger partial charge in [-0.25, -0.2) is 18.4 Å². The molecule has 9 nitrogen and oxygen atoms in total. The molecule has 1 unspecified atom stereocenters. The summed E-state index contributed by atoms with van der Waals surface area (Å²) in [6, 6.07) is 5.42. The number of pyridine rings is 2. The summed E-state index contributed by atoms with van der Waals surface area (Å²) in [6.45, 7) is 3.29. The van der Waals surface area contributed by atoms with Crippen LogP contribution in [0.5, 0.6) is 0 Å². The molecule has 10 heteroatoms. The number of hydrogen-bond donors (Lipinski definition) is 1. The molecule has 1 amide bonds. The van der Waals surface area contributed by atoms with Crippen molar-refractivity contribution in [2.45, 2.75) is 30.6 Å². The van der Waals surface area contributed by atoms with E-state index >= 15 is 0 Å². The normalized spacial score (nSPS) is 19.6. The topological polar surface area (TPSA) is 112 Å². The predicted octanol–water partition coefficient (Wildman–Crippen LogP) is 2.26. The molecule has 0 bridgehead atoms. The maximum atomic E-state index is 12.9. The Balaban J connectivity index is 1.39. The minimum atomic E-state index is -3.36. The van der Waals surface area contributed by atoms with Crippen LogP contribution in [0.15, 0.2) is 35.5 Å². The number of anilines is 1. The van der Waals surface area contributed by atoms with Crippen molar-refractivity contribution in [2.24, 2.45) is 5.92 Å². The molecule has 1 atom stereocenters. The van der Waals surface area contributed by atoms with Crippen LogP contribution in [0, 0.1) is 5.92 Å². The maximum absolute atomic E-state index is 12.9. The highest BCUT2D eigenvalue weighted by Gasteiger charge is 2.31. The second kappa shape index (κ2) is 8.16. The van der Waals surface area contributed by atoms with Crippen molar-refractivity contribution in [1.82, 2.24) is 24.8 Å². The number of aromatic amines is 1. The summed E-state index contributed by atoms with van der Waals surface area (Å²) in [4.78, 5) is 33.7. The molecule has 0 saturated carbocycles. The zero-order valence-electron chi connectivity index (χ0n) is 18.0. The lowest BCUT2D eigenvalue weighted by molar-refractivity contribution is -0.134. The van der Waals surface area contributed by atoms with E-state index in [9.17, 15) is 13.2 Å². The van der Waals surface area contributed by atoms with E-state index in [1.807, 2.05) is 17.0 Å². The number of aromatic nitrogens is 4. The molecule has 168 valence electrons. The van der Waals surface area contributed by atoms with Crippen LogP contribution in [0.2, 0.25) is 0 Å². The maximum Gasteiger partial charge on any atom is 0.227 e. The highest BCUT2D eigenvalue weighted by Crippen LogP contribution is 2.27. The number of imidazole rings is 1. The molecule has 2 fully saturated rings. The van der Waals surface area contributed by atoms with Gasteiger partial charge in [0, 0.05) is 50.4 Å². The molecule has 0 aromatic carbocycles. The standard InChI is InChI=1S/C22H26N6O3S/c1-32(30,31)17-11-16(12-23-13-17)20-24-18-6-7-19(25-21(18)26-20)28-10-4-5-15(14-28)22(29)27-8-2-3-9-27/h6-7,11-13,15H,2-5,8-10,14H2,1H3,(H,24,25,26). The van der Waals surface area contributed by atoms with Crippen molar-refractivity contribution in [1.29, 1.82) is 0 Å². The molecule has 2 aliphatic heterocycles. The van der Waals surface area contributed by atoms with Crippen molar-refractivity contribution in [2.75, 3.05) is 37.3 Å². The van der Waals surface area contributed by atoms with Crippen LogP contribution in [0.25, 0.3) is 22.6 Å². The highest BCUT2D eigenvalue weighted by atomic mass is 32.2. The van der Waals surface area contributed by atoms with E-state index in [1.165, 1.54) is 6.20 Å². The van der Waals surface area contributed by atoms with Crippen LogP contribution in [0.4, 0.5) is 5.82 Å². The first kappa shape index (κ1) is 20.9. The van der Waals surface area contributed by atoms with Crippen LogP contribution in [0.3, 0.4) is 0 Å². The van der Waals surface area contributed by atoms with Crippen molar-refractivity contribution in [3.63, 3.8) is 0 Å². The molecule has 2 aliphatic rings. The Morgan fingerprint density at radius 1 is 1.09 bits per heavy atom. The number of carbonyl (C=O) groups excluding carboxylic acids is 1. The largest absolute Gasteiger partial charge is 0.356 e. The number of piperidine rings is 1. The molecule has 32 heavy (non-hydrogen) atoms. The van der Waals surface area contributed by atoms with Gasteiger partial charge in [-0.1, -0.05) is 0 Å². The van der Waals surface area contributed by atoms with Gasteiger partial charge in [-0.3, -0.25) is 9.78 Å². The summed E-state index contributed by atoms with van der Waals surface area (Å²) in [6.07, 6.45) is 8.14. The van der Waals surface area contributed by atoms with E-state index in [0.29, 0.717) is 23.6 Å². The van der Waals surface area contributed by atoms with E-state index in [0.717, 1.165) is 62.9 Å². The summed E-state index contributed by atoms with van der Waals surface area (Å²) in [5.74, 6) is 1.60. The van der Waals surface area contributed by atoms with E-state index < -0.39 is 9.84 Å². The first-order chi connectivity index (χ1) is 15.4. The molecule has 0 aliphatic carbocycles. The Hall–Kier alpha value is -3.01. The van der Waals surface area contributed by atoms with Gasteiger partial charge in [-0.15, -0.1) is 0 Å². The lowest BCUT2D eigenvalue weighted by atomic mass is 9.96. The Labute approximate surface area is 186 Å². The molecule has 3 aromatic heterocycles. The number of nitrogens with one attached hydrogen (secondary N) is 1. The molecule has 0 radical (unpaired) electrons. The molecule has 5 heterocycles. The van der Waals surface area contributed by atoms with Gasteiger partial charge in [0.25, 0.3) is 0 Å². The fourth-order valence-electron chi connectivity index (χ4n) is 4.53. The average molecular weight is 455 g/mol. The van der Waals surface area contributed by atoms with E-state index in [4.69, 9.17) is 4.98 Å². The zero-order valence-corrected chi connectivity index (χ0v) is 18.8. The molecule has 1 N–H and O–H groups in total. The molecular weight excluding hydrogens is 428 g/mol. The van der Waals surface area contributed by atoms with Crippen LogP contribution in [-0.2, 0) is 14.6 Å². The predicted molar refractivity (Wildman–Crippen MR) is 121 cm³/mol. The number of hydrogen-bond acceptors (Lipinski definition) is 7. The third kappa shape index (κ3) is 4.06. The number of likely N-dealkylation sites (tertiary alicyclic amines) is 1. The summed E-state index contributed by atoms with van der Waals surface area (Å²) in [5.41, 5.74) is 1.90. The lowest BCUT2D eigenvalue weighted by Crippen LogP contribution is -2.44. The number of fused-ring (bicyclic) bond motifs is 1. The third-order valence-corrected chi connectivity index (χ3v) is 7.34. The van der Waals surface area contributed by atoms with E-state index in [-0.39, 0.29) is 16.7 Å². The van der Waals surface area contributed by atoms with Crippen molar-refractivity contribution in [3.8, 4) is 11.4 Å². The number of amides is 1. The molecule has 2 saturated heterocycles. The van der Waals surface area contributed by atoms with Crippen molar-refractivity contribution in [3.05, 3.63) is 30.6 Å². The Morgan fingerprint density at radius 3 is 2.69 bits per heavy atom. The Morgan fingerprint density at radius 2 is 1.91 bits per heavy atom. The molecule has 0 spiro atoms. The van der Waals surface area contributed by atoms with Crippen LogP contribution in [-0.4, -0.2) is 71.6 Å². The van der Waals surface area contributed by atoms with Gasteiger partial charge in [-0.2, -0.15) is 0 Å². The summed E-state index contributed by atoms with van der Waals surface area (Å²) in [5, 5.41) is 0. The van der Waals surface area contributed by atoms with Gasteiger partial charge in [0.15, 0.2) is 15.5 Å². The molecular formula is C22H26N6O3S. The van der Waals surface area contributed by atoms with Crippen LogP contribution in [0.1, 0.15) is 25.7 Å². The Bertz CT molecular complexity index is 1270. The number of carbonyl (C=O) groups is 1. The van der Waals surface area contributed by atoms with E-state index in [1.54, 1.807) is 12.3 Å². The number of H-pyrrole nitrogens is 1. The third-order valence-electron chi connectivity index (χ3n) is 6.26. The number of sulfone groups is 1. The smallest absolute Gasteiger partial charge is 0.227 e. The van der Waals surface area contributed by atoms with Crippen LogP contribution >= 0.6 is 0 Å². The lowest BCUT2D eigenvalue weighted by Gasteiger charge is -2.34. The fraction of sp³-hybridized carbons (Fsp3) is 0.455. The van der Waals surface area contributed by atoms with Gasteiger partial charge >= 0.3 is 0 Å². The van der Waals surface area contributed by atoms with Gasteiger partial charge in [0.2, 0.25) is 5.91 Å². The van der Waals surface area contributed by atoms with Crippen molar-refractivity contribution < 1.29 is 13.2 Å². The SMILES string of the molecule is CS(=O)(=O)c1cncc(-c2nc3nc(N4CCCC(C(=O)N5CCCC5)C4)ccc3[nH]2)c1. The number of rotatable bonds is 4. The second-order valence-electron chi connectivity index (χ2n) is 8.63. The monoisotopic (exact) mass is 454 g/mol. The summed E-state index contributed by atoms with van der Waals surface area (Å²) < 4.78 is 23.7. The van der Waals surface area contributed by atoms with Crippen LogP contribution < -0.4 is 4.90 Å². The summed E-state index contributed by atoms with van der Waals surface area (Å²) >= 11 is 0. The zero-order chi connectivity index (χ0) is 22.3. The molecule has 3 aromatic rings. The fourth-order valence-corrected chi connectivity index (χ4v) is 5.12. The van der Waals surface area contributed by atoms with E-state index in [2.05, 4.69) is 19.9 Å². The first-order valence-corrected chi connectivity index (χ1v) is 12.8.